The lowest BCUT2D eigenvalue weighted by molar-refractivity contribution is -0.142. The molecule has 2 fully saturated rings. The van der Waals surface area contributed by atoms with Gasteiger partial charge in [0.2, 0.25) is 0 Å². The molecule has 6 nitrogen and oxygen atoms in total. The van der Waals surface area contributed by atoms with Gasteiger partial charge in [-0.25, -0.2) is 0 Å². The minimum absolute atomic E-state index is 0.000256. The van der Waals surface area contributed by atoms with Crippen molar-refractivity contribution in [2.45, 2.75) is 51.7 Å². The smallest absolute Gasteiger partial charge is 0.255 e. The third-order valence-corrected chi connectivity index (χ3v) is 5.51. The van der Waals surface area contributed by atoms with Crippen molar-refractivity contribution in [2.24, 2.45) is 5.92 Å². The number of aryl methyl sites for hydroxylation is 1. The maximum absolute atomic E-state index is 12.9. The summed E-state index contributed by atoms with van der Waals surface area (Å²) in [6, 6.07) is 5.60. The molecule has 6 heteroatoms. The monoisotopic (exact) mass is 376 g/mol. The molecule has 2 atom stereocenters. The second-order valence-corrected chi connectivity index (χ2v) is 8.14. The molecule has 1 spiro atoms. The summed E-state index contributed by atoms with van der Waals surface area (Å²) in [6.45, 7) is 8.91. The van der Waals surface area contributed by atoms with Crippen molar-refractivity contribution in [3.63, 3.8) is 0 Å². The molecule has 0 aliphatic carbocycles. The third kappa shape index (κ3) is 4.81. The van der Waals surface area contributed by atoms with Gasteiger partial charge >= 0.3 is 0 Å². The number of amides is 1. The molecule has 2 saturated heterocycles. The third-order valence-electron chi connectivity index (χ3n) is 5.51. The summed E-state index contributed by atoms with van der Waals surface area (Å²) in [7, 11) is 0. The first-order chi connectivity index (χ1) is 12.9. The van der Waals surface area contributed by atoms with Gasteiger partial charge in [0.05, 0.1) is 11.7 Å². The number of aliphatic hydroxyl groups excluding tert-OH is 1. The molecule has 0 bridgehead atoms. The van der Waals surface area contributed by atoms with E-state index in [0.29, 0.717) is 24.8 Å². The van der Waals surface area contributed by atoms with Crippen LogP contribution in [0.25, 0.3) is 0 Å². The molecule has 27 heavy (non-hydrogen) atoms. The van der Waals surface area contributed by atoms with Gasteiger partial charge in [-0.3, -0.25) is 4.79 Å². The first-order valence-corrected chi connectivity index (χ1v) is 9.94. The lowest BCUT2D eigenvalue weighted by Crippen LogP contribution is -2.57. The van der Waals surface area contributed by atoms with Gasteiger partial charge in [-0.05, 0) is 76.3 Å². The van der Waals surface area contributed by atoms with Crippen LogP contribution in [0.1, 0.15) is 49.0 Å². The predicted molar refractivity (Wildman–Crippen MR) is 104 cm³/mol. The van der Waals surface area contributed by atoms with E-state index in [2.05, 4.69) is 5.32 Å². The number of rotatable bonds is 5. The molecule has 1 aromatic rings. The Labute approximate surface area is 161 Å². The summed E-state index contributed by atoms with van der Waals surface area (Å²) in [5, 5.41) is 12.6. The van der Waals surface area contributed by atoms with Crippen LogP contribution in [-0.4, -0.2) is 60.6 Å². The number of nitrogens with one attached hydrogen (secondary N) is 1. The number of ether oxygens (including phenoxy) is 2. The highest BCUT2D eigenvalue weighted by Crippen LogP contribution is 2.33. The van der Waals surface area contributed by atoms with Crippen molar-refractivity contribution >= 4 is 5.91 Å². The van der Waals surface area contributed by atoms with E-state index in [1.807, 2.05) is 39.0 Å². The zero-order chi connectivity index (χ0) is 19.4. The minimum atomic E-state index is -0.209. The lowest BCUT2D eigenvalue weighted by Gasteiger charge is -2.46. The Hall–Kier alpha value is -1.63. The number of carbonyl (C=O) groups is 1. The fourth-order valence-corrected chi connectivity index (χ4v) is 4.06. The van der Waals surface area contributed by atoms with E-state index >= 15 is 0 Å². The average molecular weight is 376 g/mol. The Morgan fingerprint density at radius 1 is 1.48 bits per heavy atom. The van der Waals surface area contributed by atoms with Crippen LogP contribution >= 0.6 is 0 Å². The number of hydrogen-bond donors (Lipinski definition) is 2. The van der Waals surface area contributed by atoms with Crippen molar-refractivity contribution in [3.05, 3.63) is 29.3 Å². The van der Waals surface area contributed by atoms with Gasteiger partial charge in [0.15, 0.2) is 0 Å². The van der Waals surface area contributed by atoms with Crippen LogP contribution in [0.2, 0.25) is 0 Å². The zero-order valence-electron chi connectivity index (χ0n) is 16.7. The topological polar surface area (TPSA) is 71.0 Å². The summed E-state index contributed by atoms with van der Waals surface area (Å²) < 4.78 is 11.9. The molecule has 0 aromatic heterocycles. The molecule has 2 N–H and O–H groups in total. The highest BCUT2D eigenvalue weighted by molar-refractivity contribution is 5.94. The molecule has 2 unspecified atom stereocenters. The molecule has 2 aliphatic rings. The van der Waals surface area contributed by atoms with Crippen molar-refractivity contribution in [1.29, 1.82) is 0 Å². The molecule has 1 aromatic carbocycles. The zero-order valence-corrected chi connectivity index (χ0v) is 16.7. The first-order valence-electron chi connectivity index (χ1n) is 9.94. The summed E-state index contributed by atoms with van der Waals surface area (Å²) in [6.07, 6.45) is 2.67. The molecular formula is C21H32N2O4. The van der Waals surface area contributed by atoms with E-state index in [4.69, 9.17) is 9.47 Å². The van der Waals surface area contributed by atoms with E-state index in [1.54, 1.807) is 4.90 Å². The Morgan fingerprint density at radius 3 is 2.93 bits per heavy atom. The molecule has 0 radical (unpaired) electrons. The summed E-state index contributed by atoms with van der Waals surface area (Å²) >= 11 is 0. The Balaban J connectivity index is 1.61. The fraction of sp³-hybridized carbons (Fsp3) is 0.667. The highest BCUT2D eigenvalue weighted by atomic mass is 16.5. The number of benzene rings is 1. The van der Waals surface area contributed by atoms with Gasteiger partial charge in [0, 0.05) is 25.3 Å². The van der Waals surface area contributed by atoms with Crippen LogP contribution in [0, 0.1) is 12.8 Å². The maximum atomic E-state index is 12.9. The van der Waals surface area contributed by atoms with Crippen LogP contribution in [0.5, 0.6) is 5.75 Å². The summed E-state index contributed by atoms with van der Waals surface area (Å²) in [5.74, 6) is 1.25. The summed E-state index contributed by atoms with van der Waals surface area (Å²) in [5.41, 5.74) is 1.43. The Kier molecular flexibility index (Phi) is 6.40. The number of piperidine rings is 1. The fourth-order valence-electron chi connectivity index (χ4n) is 4.06. The largest absolute Gasteiger partial charge is 0.491 e. The second-order valence-electron chi connectivity index (χ2n) is 8.14. The first kappa shape index (κ1) is 20.1. The average Bonchev–Trinajstić information content (AvgIpc) is 2.64. The predicted octanol–water partition coefficient (Wildman–Crippen LogP) is 2.33. The van der Waals surface area contributed by atoms with E-state index < -0.39 is 0 Å². The molecule has 0 saturated carbocycles. The van der Waals surface area contributed by atoms with Gasteiger partial charge in [0.25, 0.3) is 5.91 Å². The van der Waals surface area contributed by atoms with Gasteiger partial charge in [0.1, 0.15) is 12.5 Å². The quantitative estimate of drug-likeness (QED) is 0.825. The molecule has 150 valence electrons. The Morgan fingerprint density at radius 2 is 2.30 bits per heavy atom. The molecular weight excluding hydrogens is 344 g/mol. The number of hydrogen-bond acceptors (Lipinski definition) is 5. The highest BCUT2D eigenvalue weighted by Gasteiger charge is 2.41. The van der Waals surface area contributed by atoms with Crippen molar-refractivity contribution in [2.75, 3.05) is 33.0 Å². The normalized spacial score (nSPS) is 25.8. The Bertz CT molecular complexity index is 652. The lowest BCUT2D eigenvalue weighted by atomic mass is 9.82. The van der Waals surface area contributed by atoms with E-state index in [0.717, 1.165) is 43.7 Å². The number of aliphatic hydroxyl groups is 1. The van der Waals surface area contributed by atoms with E-state index in [1.165, 1.54) is 0 Å². The molecule has 1 amide bonds. The number of carbonyl (C=O) groups excluding carboxylic acids is 1. The van der Waals surface area contributed by atoms with Crippen LogP contribution in [0.4, 0.5) is 0 Å². The van der Waals surface area contributed by atoms with Crippen molar-refractivity contribution in [1.82, 2.24) is 10.2 Å². The maximum Gasteiger partial charge on any atom is 0.255 e. The molecule has 3 rings (SSSR count). The van der Waals surface area contributed by atoms with Gasteiger partial charge < -0.3 is 24.8 Å². The van der Waals surface area contributed by atoms with Crippen LogP contribution in [-0.2, 0) is 4.74 Å². The summed E-state index contributed by atoms with van der Waals surface area (Å²) in [4.78, 5) is 14.7. The van der Waals surface area contributed by atoms with Crippen molar-refractivity contribution < 1.29 is 19.4 Å². The molecule has 2 heterocycles. The van der Waals surface area contributed by atoms with E-state index in [9.17, 15) is 9.90 Å². The molecule has 2 aliphatic heterocycles. The minimum Gasteiger partial charge on any atom is -0.491 e. The standard InChI is InChI=1S/C21H32N2O4/c1-15(2)27-19-5-4-18(10-16(19)3)20(25)23-8-7-21(26-14-23)11-17(6-9-24)12-22-13-21/h4-5,10,15,17,22,24H,6-9,11-14H2,1-3H3. The second kappa shape index (κ2) is 8.59. The number of nitrogens with zero attached hydrogens (tertiary/aromatic N) is 1. The van der Waals surface area contributed by atoms with Crippen LogP contribution < -0.4 is 10.1 Å². The van der Waals surface area contributed by atoms with Gasteiger partial charge in [-0.15, -0.1) is 0 Å². The van der Waals surface area contributed by atoms with Gasteiger partial charge in [-0.2, -0.15) is 0 Å². The van der Waals surface area contributed by atoms with E-state index in [-0.39, 0.29) is 24.2 Å². The van der Waals surface area contributed by atoms with Crippen LogP contribution in [0.15, 0.2) is 18.2 Å². The van der Waals surface area contributed by atoms with Crippen molar-refractivity contribution in [3.8, 4) is 5.75 Å². The van der Waals surface area contributed by atoms with Gasteiger partial charge in [-0.1, -0.05) is 0 Å². The SMILES string of the molecule is Cc1cc(C(=O)N2CCC3(CNCC(CCO)C3)OC2)ccc1OC(C)C. The van der Waals surface area contributed by atoms with Crippen LogP contribution in [0.3, 0.4) is 0 Å².